The number of aryl methyl sites for hydroxylation is 1. The number of carbonyl (C=O) groups is 1. The summed E-state index contributed by atoms with van der Waals surface area (Å²) in [6, 6.07) is 14.9. The van der Waals surface area contributed by atoms with Crippen LogP contribution in [0.1, 0.15) is 41.3 Å². The molecule has 0 amide bonds. The third kappa shape index (κ3) is 4.87. The van der Waals surface area contributed by atoms with Crippen LogP contribution in [0.15, 0.2) is 48.5 Å². The molecule has 0 fully saturated rings. The average Bonchev–Trinajstić information content (AvgIpc) is 3.46. The van der Waals surface area contributed by atoms with Crippen LogP contribution in [0, 0.1) is 0 Å². The average molecular weight is 544 g/mol. The van der Waals surface area contributed by atoms with E-state index in [-0.39, 0.29) is 12.2 Å². The van der Waals surface area contributed by atoms with Crippen LogP contribution in [-0.2, 0) is 22.5 Å². The number of hydrogen-bond donors (Lipinski definition) is 1. The second-order valence-corrected chi connectivity index (χ2v) is 9.19. The lowest BCUT2D eigenvalue weighted by atomic mass is 9.98. The Morgan fingerprint density at radius 2 is 1.95 bits per heavy atom. The maximum absolute atomic E-state index is 11.0. The summed E-state index contributed by atoms with van der Waals surface area (Å²) in [4.78, 5) is 12.3. The molecule has 0 unspecified atom stereocenters. The van der Waals surface area contributed by atoms with Gasteiger partial charge in [-0.3, -0.25) is 4.79 Å². The molecule has 12 heteroatoms. The first kappa shape index (κ1) is 25.1. The van der Waals surface area contributed by atoms with Gasteiger partial charge in [-0.15, -0.1) is 10.2 Å². The molecule has 1 aliphatic heterocycles. The van der Waals surface area contributed by atoms with Crippen molar-refractivity contribution in [2.24, 2.45) is 0 Å². The second kappa shape index (κ2) is 10.4. The third-order valence-electron chi connectivity index (χ3n) is 6.12. The van der Waals surface area contributed by atoms with Crippen molar-refractivity contribution < 1.29 is 24.1 Å². The molecule has 4 aromatic rings. The lowest BCUT2D eigenvalue weighted by Crippen LogP contribution is -2.15. The molecule has 37 heavy (non-hydrogen) atoms. The first-order valence-corrected chi connectivity index (χ1v) is 12.2. The van der Waals surface area contributed by atoms with Gasteiger partial charge in [0, 0.05) is 22.6 Å². The fourth-order valence-corrected chi connectivity index (χ4v) is 5.00. The van der Waals surface area contributed by atoms with E-state index in [2.05, 4.69) is 15.4 Å². The minimum atomic E-state index is -1.02. The van der Waals surface area contributed by atoms with Gasteiger partial charge in [-0.2, -0.15) is 4.80 Å². The molecule has 0 radical (unpaired) electrons. The molecule has 1 aliphatic rings. The number of methoxy groups -OCH3 is 2. The van der Waals surface area contributed by atoms with Crippen molar-refractivity contribution >= 4 is 29.2 Å². The zero-order valence-electron chi connectivity index (χ0n) is 20.0. The van der Waals surface area contributed by atoms with E-state index >= 15 is 0 Å². The number of para-hydroxylation sites is 1. The largest absolute Gasteiger partial charge is 0.493 e. The van der Waals surface area contributed by atoms with Crippen LogP contribution in [0.25, 0.3) is 5.69 Å². The highest BCUT2D eigenvalue weighted by molar-refractivity contribution is 6.31. The van der Waals surface area contributed by atoms with Crippen LogP contribution in [0.2, 0.25) is 10.2 Å². The quantitative estimate of drug-likeness (QED) is 0.341. The summed E-state index contributed by atoms with van der Waals surface area (Å²) in [5, 5.41) is 22.0. The normalized spacial score (nSPS) is 16.5. The molecule has 10 nitrogen and oxygen atoms in total. The number of benzene rings is 2. The lowest BCUT2D eigenvalue weighted by molar-refractivity contribution is -0.136. The minimum Gasteiger partial charge on any atom is -0.493 e. The third-order valence-corrected chi connectivity index (χ3v) is 6.65. The van der Waals surface area contributed by atoms with Gasteiger partial charge >= 0.3 is 5.97 Å². The van der Waals surface area contributed by atoms with Crippen molar-refractivity contribution in [3.8, 4) is 17.2 Å². The van der Waals surface area contributed by atoms with Crippen molar-refractivity contribution in [2.45, 2.75) is 31.6 Å². The van der Waals surface area contributed by atoms with Gasteiger partial charge in [0.25, 0.3) is 0 Å². The van der Waals surface area contributed by atoms with E-state index in [1.54, 1.807) is 14.2 Å². The molecule has 0 saturated heterocycles. The van der Waals surface area contributed by atoms with Crippen LogP contribution in [0.4, 0.5) is 0 Å². The zero-order valence-corrected chi connectivity index (χ0v) is 21.5. The molecule has 0 saturated carbocycles. The predicted molar refractivity (Wildman–Crippen MR) is 135 cm³/mol. The summed E-state index contributed by atoms with van der Waals surface area (Å²) in [6.45, 7) is 0.332. The van der Waals surface area contributed by atoms with E-state index in [4.69, 9.17) is 42.5 Å². The second-order valence-electron chi connectivity index (χ2n) is 8.37. The molecule has 192 valence electrons. The van der Waals surface area contributed by atoms with E-state index in [0.29, 0.717) is 34.6 Å². The van der Waals surface area contributed by atoms with Crippen LogP contribution < -0.4 is 9.47 Å². The first-order chi connectivity index (χ1) is 17.9. The number of carboxylic acids is 1. The van der Waals surface area contributed by atoms with Crippen LogP contribution in [0.5, 0.6) is 11.5 Å². The summed E-state index contributed by atoms with van der Waals surface area (Å²) < 4.78 is 20.0. The number of aliphatic carboxylic acids is 1. The monoisotopic (exact) mass is 543 g/mol. The molecule has 0 aliphatic carbocycles. The van der Waals surface area contributed by atoms with Crippen molar-refractivity contribution in [2.75, 3.05) is 14.2 Å². The van der Waals surface area contributed by atoms with E-state index in [0.717, 1.165) is 22.5 Å². The highest BCUT2D eigenvalue weighted by Crippen LogP contribution is 2.47. The Hall–Kier alpha value is -3.60. The SMILES string of the molecule is COc1cccc([C@H]2O[C@H](CCn3nnc(CC(=O)O)n3)c3ccc(Cl)n3-c3ccc(Cl)cc32)c1OC. The van der Waals surface area contributed by atoms with Gasteiger partial charge in [-0.05, 0) is 41.6 Å². The van der Waals surface area contributed by atoms with Crippen molar-refractivity contribution in [3.63, 3.8) is 0 Å². The van der Waals surface area contributed by atoms with E-state index in [1.807, 2.05) is 53.1 Å². The topological polar surface area (TPSA) is 114 Å². The van der Waals surface area contributed by atoms with Crippen molar-refractivity contribution in [1.29, 1.82) is 0 Å². The zero-order chi connectivity index (χ0) is 26.1. The maximum atomic E-state index is 11.0. The van der Waals surface area contributed by atoms with Gasteiger partial charge < -0.3 is 23.9 Å². The standard InChI is InChI=1S/C25H23Cl2N5O5/c1-35-20-5-3-4-15(25(20)36-2)24-16-12-14(26)6-7-17(16)32-18(8-9-21(32)27)19(37-24)10-11-31-29-22(28-30-31)13-23(33)34/h3-9,12,19,24H,10-11,13H2,1-2H3,(H,33,34)/t19-,24-/m1/s1. The molecular weight excluding hydrogens is 521 g/mol. The van der Waals surface area contributed by atoms with Crippen LogP contribution in [-0.4, -0.2) is 50.1 Å². The Bertz CT molecular complexity index is 1450. The van der Waals surface area contributed by atoms with E-state index < -0.39 is 18.2 Å². The number of halogens is 2. The summed E-state index contributed by atoms with van der Waals surface area (Å²) in [6.07, 6.45) is -0.876. The van der Waals surface area contributed by atoms with Gasteiger partial charge in [-0.25, -0.2) is 0 Å². The fourth-order valence-electron chi connectivity index (χ4n) is 4.56. The molecule has 3 heterocycles. The summed E-state index contributed by atoms with van der Waals surface area (Å²) in [5.41, 5.74) is 3.24. The van der Waals surface area contributed by atoms with Crippen molar-refractivity contribution in [3.05, 3.63) is 81.4 Å². The van der Waals surface area contributed by atoms with Gasteiger partial charge in [0.1, 0.15) is 23.8 Å². The number of nitrogens with zero attached hydrogens (tertiary/aromatic N) is 5. The smallest absolute Gasteiger partial charge is 0.311 e. The molecular formula is C25H23Cl2N5O5. The predicted octanol–water partition coefficient (Wildman–Crippen LogP) is 4.67. The number of carboxylic acid groups (broad SMARTS) is 1. The minimum absolute atomic E-state index is 0.141. The highest BCUT2D eigenvalue weighted by atomic mass is 35.5. The van der Waals surface area contributed by atoms with Crippen molar-refractivity contribution in [1.82, 2.24) is 24.8 Å². The molecule has 5 rings (SSSR count). The number of hydrogen-bond acceptors (Lipinski definition) is 7. The van der Waals surface area contributed by atoms with Crippen LogP contribution >= 0.6 is 23.2 Å². The number of ether oxygens (including phenoxy) is 3. The van der Waals surface area contributed by atoms with Gasteiger partial charge in [-0.1, -0.05) is 35.3 Å². The molecule has 0 spiro atoms. The number of rotatable bonds is 8. The summed E-state index contributed by atoms with van der Waals surface area (Å²) >= 11 is 13.1. The first-order valence-electron chi connectivity index (χ1n) is 11.4. The Kier molecular flexibility index (Phi) is 7.05. The van der Waals surface area contributed by atoms with Gasteiger partial charge in [0.15, 0.2) is 17.3 Å². The van der Waals surface area contributed by atoms with Gasteiger partial charge in [0.2, 0.25) is 0 Å². The fraction of sp³-hybridized carbons (Fsp3) is 0.280. The Morgan fingerprint density at radius 3 is 2.70 bits per heavy atom. The molecule has 2 aromatic carbocycles. The van der Waals surface area contributed by atoms with Crippen LogP contribution in [0.3, 0.4) is 0 Å². The molecule has 2 atom stereocenters. The maximum Gasteiger partial charge on any atom is 0.311 e. The number of fused-ring (bicyclic) bond motifs is 3. The lowest BCUT2D eigenvalue weighted by Gasteiger charge is -2.25. The molecule has 0 bridgehead atoms. The van der Waals surface area contributed by atoms with E-state index in [1.165, 1.54) is 4.80 Å². The molecule has 1 N–H and O–H groups in total. The Morgan fingerprint density at radius 1 is 1.11 bits per heavy atom. The van der Waals surface area contributed by atoms with Gasteiger partial charge in [0.05, 0.1) is 32.1 Å². The number of aromatic nitrogens is 5. The highest BCUT2D eigenvalue weighted by Gasteiger charge is 2.34. The summed E-state index contributed by atoms with van der Waals surface area (Å²) in [7, 11) is 3.16. The van der Waals surface area contributed by atoms with E-state index in [9.17, 15) is 4.79 Å². The number of tetrazole rings is 1. The summed E-state index contributed by atoms with van der Waals surface area (Å²) in [5.74, 6) is 0.240. The molecule has 2 aromatic heterocycles. The Balaban J connectivity index is 1.58. The Labute approximate surface area is 222 Å².